The van der Waals surface area contributed by atoms with E-state index in [-0.39, 0.29) is 17.1 Å². The molecule has 3 N–H and O–H groups in total. The van der Waals surface area contributed by atoms with Gasteiger partial charge in [0.25, 0.3) is 5.56 Å². The largest absolute Gasteiger partial charge is 0.384 e. The number of fused-ring (bicyclic) bond motifs is 2. The molecular weight excluding hydrogens is 388 g/mol. The van der Waals surface area contributed by atoms with Crippen LogP contribution in [0, 0.1) is 0 Å². The molecular formula is C24H26N6O. The molecule has 0 aliphatic carbocycles. The Bertz CT molecular complexity index is 1350. The Morgan fingerprint density at radius 3 is 2.61 bits per heavy atom. The SMILES string of the molecule is CC(C)N1c2nc(-c3c[nH]c4ccc(-c5ccc(N)nc5)cc34)cc(=O)n2CC1(C)C. The smallest absolute Gasteiger partial charge is 0.255 e. The van der Waals surface area contributed by atoms with Crippen LogP contribution in [0.4, 0.5) is 11.8 Å². The van der Waals surface area contributed by atoms with Gasteiger partial charge in [-0.25, -0.2) is 9.97 Å². The molecule has 1 aliphatic rings. The number of aromatic nitrogens is 4. The van der Waals surface area contributed by atoms with Gasteiger partial charge in [-0.1, -0.05) is 6.07 Å². The van der Waals surface area contributed by atoms with Crippen molar-refractivity contribution in [1.82, 2.24) is 19.5 Å². The van der Waals surface area contributed by atoms with Crippen LogP contribution in [-0.2, 0) is 6.54 Å². The van der Waals surface area contributed by atoms with Crippen LogP contribution in [0.5, 0.6) is 0 Å². The fourth-order valence-corrected chi connectivity index (χ4v) is 4.72. The van der Waals surface area contributed by atoms with Crippen LogP contribution in [-0.4, -0.2) is 31.1 Å². The van der Waals surface area contributed by atoms with Crippen LogP contribution in [0.1, 0.15) is 27.7 Å². The van der Waals surface area contributed by atoms with Crippen LogP contribution in [0.15, 0.2) is 53.6 Å². The van der Waals surface area contributed by atoms with Crippen molar-refractivity contribution in [3.63, 3.8) is 0 Å². The molecule has 7 heteroatoms. The Morgan fingerprint density at radius 2 is 1.90 bits per heavy atom. The predicted octanol–water partition coefficient (Wildman–Crippen LogP) is 4.04. The van der Waals surface area contributed by atoms with Crippen LogP contribution < -0.4 is 16.2 Å². The Labute approximate surface area is 180 Å². The lowest BCUT2D eigenvalue weighted by molar-refractivity contribution is 0.425. The molecule has 0 radical (unpaired) electrons. The van der Waals surface area contributed by atoms with Crippen LogP contribution in [0.25, 0.3) is 33.3 Å². The molecule has 4 heterocycles. The molecule has 0 fully saturated rings. The van der Waals surface area contributed by atoms with E-state index in [2.05, 4.69) is 48.6 Å². The summed E-state index contributed by atoms with van der Waals surface area (Å²) in [5, 5.41) is 1.01. The minimum Gasteiger partial charge on any atom is -0.384 e. The number of pyridine rings is 1. The maximum absolute atomic E-state index is 13.0. The highest BCUT2D eigenvalue weighted by Gasteiger charge is 2.39. The summed E-state index contributed by atoms with van der Waals surface area (Å²) in [6.45, 7) is 9.21. The Hall–Kier alpha value is -3.61. The number of anilines is 2. The van der Waals surface area contributed by atoms with Crippen molar-refractivity contribution in [2.45, 2.75) is 45.8 Å². The minimum absolute atomic E-state index is 0.0236. The fraction of sp³-hybridized carbons (Fsp3) is 0.292. The van der Waals surface area contributed by atoms with Gasteiger partial charge < -0.3 is 15.6 Å². The number of hydrogen-bond acceptors (Lipinski definition) is 5. The first kappa shape index (κ1) is 19.4. The second-order valence-corrected chi connectivity index (χ2v) is 9.08. The summed E-state index contributed by atoms with van der Waals surface area (Å²) in [6, 6.07) is 11.8. The third kappa shape index (κ3) is 3.08. The van der Waals surface area contributed by atoms with E-state index in [1.165, 1.54) is 0 Å². The molecule has 1 aromatic carbocycles. The van der Waals surface area contributed by atoms with Gasteiger partial charge >= 0.3 is 0 Å². The molecule has 0 saturated heterocycles. The second kappa shape index (κ2) is 6.70. The van der Waals surface area contributed by atoms with Crippen molar-refractivity contribution >= 4 is 22.7 Å². The van der Waals surface area contributed by atoms with E-state index >= 15 is 0 Å². The standard InChI is InChI=1S/C24H26N6O/c1-14(2)30-23-28-20(10-22(31)29(23)13-24(30,3)4)18-12-26-19-7-5-15(9-17(18)19)16-6-8-21(25)27-11-16/h5-12,14,26H,13H2,1-4H3,(H2,25,27). The summed E-state index contributed by atoms with van der Waals surface area (Å²) < 4.78 is 1.78. The van der Waals surface area contributed by atoms with Gasteiger partial charge in [0, 0.05) is 46.5 Å². The Kier molecular flexibility index (Phi) is 4.18. The summed E-state index contributed by atoms with van der Waals surface area (Å²) in [7, 11) is 0. The van der Waals surface area contributed by atoms with E-state index in [1.807, 2.05) is 24.4 Å². The van der Waals surface area contributed by atoms with Crippen LogP contribution >= 0.6 is 0 Å². The van der Waals surface area contributed by atoms with E-state index in [0.717, 1.165) is 33.5 Å². The average Bonchev–Trinajstić information content (AvgIpc) is 3.25. The number of rotatable bonds is 3. The van der Waals surface area contributed by atoms with Gasteiger partial charge in [-0.15, -0.1) is 0 Å². The predicted molar refractivity (Wildman–Crippen MR) is 125 cm³/mol. The first-order valence-corrected chi connectivity index (χ1v) is 10.5. The molecule has 31 heavy (non-hydrogen) atoms. The number of nitrogens with two attached hydrogens (primary N) is 1. The lowest BCUT2D eigenvalue weighted by atomic mass is 10.0. The number of nitrogens with one attached hydrogen (secondary N) is 1. The van der Waals surface area contributed by atoms with Crippen molar-refractivity contribution in [3.8, 4) is 22.4 Å². The molecule has 3 aromatic heterocycles. The number of hydrogen-bond donors (Lipinski definition) is 2. The second-order valence-electron chi connectivity index (χ2n) is 9.08. The normalized spacial score (nSPS) is 15.1. The van der Waals surface area contributed by atoms with E-state index in [4.69, 9.17) is 10.7 Å². The van der Waals surface area contributed by atoms with Crippen molar-refractivity contribution in [1.29, 1.82) is 0 Å². The highest BCUT2D eigenvalue weighted by molar-refractivity contribution is 5.97. The molecule has 4 aromatic rings. The molecule has 0 spiro atoms. The quantitative estimate of drug-likeness (QED) is 0.528. The third-order valence-electron chi connectivity index (χ3n) is 5.99. The van der Waals surface area contributed by atoms with Gasteiger partial charge in [-0.05, 0) is 57.5 Å². The molecule has 1 aliphatic heterocycles. The molecule has 5 rings (SSSR count). The maximum Gasteiger partial charge on any atom is 0.255 e. The Morgan fingerprint density at radius 1 is 1.13 bits per heavy atom. The van der Waals surface area contributed by atoms with Crippen molar-refractivity contribution in [2.75, 3.05) is 10.6 Å². The topological polar surface area (TPSA) is 92.8 Å². The summed E-state index contributed by atoms with van der Waals surface area (Å²) >= 11 is 0. The zero-order valence-corrected chi connectivity index (χ0v) is 18.2. The molecule has 0 atom stereocenters. The van der Waals surface area contributed by atoms with Gasteiger partial charge in [0.2, 0.25) is 5.95 Å². The Balaban J connectivity index is 1.66. The lowest BCUT2D eigenvalue weighted by Crippen LogP contribution is -2.45. The summed E-state index contributed by atoms with van der Waals surface area (Å²) in [5.74, 6) is 1.23. The molecule has 0 bridgehead atoms. The summed E-state index contributed by atoms with van der Waals surface area (Å²) in [6.07, 6.45) is 3.69. The maximum atomic E-state index is 13.0. The van der Waals surface area contributed by atoms with Crippen molar-refractivity contribution in [2.24, 2.45) is 0 Å². The highest BCUT2D eigenvalue weighted by Crippen LogP contribution is 2.36. The van der Waals surface area contributed by atoms with Gasteiger partial charge in [0.05, 0.1) is 17.8 Å². The highest BCUT2D eigenvalue weighted by atomic mass is 16.1. The van der Waals surface area contributed by atoms with Crippen molar-refractivity contribution in [3.05, 3.63) is 59.1 Å². The lowest BCUT2D eigenvalue weighted by Gasteiger charge is -2.35. The number of aromatic amines is 1. The summed E-state index contributed by atoms with van der Waals surface area (Å²) in [4.78, 5) is 27.7. The number of benzene rings is 1. The third-order valence-corrected chi connectivity index (χ3v) is 5.99. The first-order valence-electron chi connectivity index (χ1n) is 10.5. The minimum atomic E-state index is -0.165. The van der Waals surface area contributed by atoms with Crippen LogP contribution in [0.2, 0.25) is 0 Å². The van der Waals surface area contributed by atoms with Gasteiger partial charge in [-0.3, -0.25) is 9.36 Å². The summed E-state index contributed by atoms with van der Waals surface area (Å²) in [5.41, 5.74) is 10.1. The molecule has 158 valence electrons. The van der Waals surface area contributed by atoms with Gasteiger partial charge in [0.15, 0.2) is 0 Å². The number of H-pyrrole nitrogens is 1. The zero-order chi connectivity index (χ0) is 21.9. The van der Waals surface area contributed by atoms with Crippen molar-refractivity contribution < 1.29 is 0 Å². The first-order chi connectivity index (χ1) is 14.7. The van der Waals surface area contributed by atoms with E-state index < -0.39 is 0 Å². The molecule has 0 amide bonds. The van der Waals surface area contributed by atoms with Crippen LogP contribution in [0.3, 0.4) is 0 Å². The molecule has 0 unspecified atom stereocenters. The average molecular weight is 415 g/mol. The number of nitrogens with zero attached hydrogens (tertiary/aromatic N) is 4. The fourth-order valence-electron chi connectivity index (χ4n) is 4.72. The number of nitrogen functional groups attached to an aromatic ring is 1. The molecule has 0 saturated carbocycles. The monoisotopic (exact) mass is 414 g/mol. The van der Waals surface area contributed by atoms with Gasteiger partial charge in [-0.2, -0.15) is 0 Å². The zero-order valence-electron chi connectivity index (χ0n) is 18.2. The van der Waals surface area contributed by atoms with E-state index in [1.54, 1.807) is 22.9 Å². The van der Waals surface area contributed by atoms with E-state index in [0.29, 0.717) is 18.1 Å². The van der Waals surface area contributed by atoms with Gasteiger partial charge in [0.1, 0.15) is 5.82 Å². The molecule has 7 nitrogen and oxygen atoms in total. The van der Waals surface area contributed by atoms with E-state index in [9.17, 15) is 4.79 Å².